The molecule has 0 saturated heterocycles. The molecule has 0 amide bonds. The summed E-state index contributed by atoms with van der Waals surface area (Å²) >= 11 is 0. The van der Waals surface area contributed by atoms with Gasteiger partial charge in [-0.1, -0.05) is 48.5 Å². The summed E-state index contributed by atoms with van der Waals surface area (Å²) in [6.45, 7) is 0. The molecule has 1 heterocycles. The number of benzene rings is 3. The number of nitrogens with one attached hydrogen (secondary N) is 2. The van der Waals surface area contributed by atoms with Gasteiger partial charge in [-0.3, -0.25) is 0 Å². The molecule has 0 bridgehead atoms. The maximum Gasteiger partial charge on any atom is 0.153 e. The van der Waals surface area contributed by atoms with E-state index in [4.69, 9.17) is 5.26 Å². The first kappa shape index (κ1) is 15.9. The topological polar surface area (TPSA) is 68.1 Å². The van der Waals surface area contributed by atoms with Crippen molar-refractivity contribution in [3.63, 3.8) is 0 Å². The number of hydrogen-bond donors (Lipinski definition) is 3. The van der Waals surface area contributed by atoms with Crippen LogP contribution in [0.25, 0.3) is 11.3 Å². The van der Waals surface area contributed by atoms with Crippen molar-refractivity contribution in [2.24, 2.45) is 0 Å². The van der Waals surface area contributed by atoms with E-state index in [0.717, 1.165) is 33.8 Å². The maximum atomic E-state index is 10.7. The molecule has 3 N–H and O–H groups in total. The number of nitriles is 1. The number of anilines is 2. The predicted molar refractivity (Wildman–Crippen MR) is 104 cm³/mol. The van der Waals surface area contributed by atoms with Crippen LogP contribution in [0.4, 0.5) is 11.4 Å². The Bertz CT molecular complexity index is 1000. The van der Waals surface area contributed by atoms with Crippen LogP contribution in [0.1, 0.15) is 16.7 Å². The first-order chi connectivity index (χ1) is 12.8. The quantitative estimate of drug-likeness (QED) is 0.666. The average molecular weight is 339 g/mol. The highest BCUT2D eigenvalue weighted by Crippen LogP contribution is 2.39. The number of rotatable bonds is 3. The van der Waals surface area contributed by atoms with Crippen molar-refractivity contribution < 1.29 is 5.11 Å². The highest BCUT2D eigenvalue weighted by Gasteiger charge is 2.28. The van der Waals surface area contributed by atoms with E-state index in [0.29, 0.717) is 5.56 Å². The Morgan fingerprint density at radius 3 is 2.35 bits per heavy atom. The van der Waals surface area contributed by atoms with E-state index in [1.807, 2.05) is 66.7 Å². The molecule has 1 atom stereocenters. The van der Waals surface area contributed by atoms with E-state index < -0.39 is 6.23 Å². The van der Waals surface area contributed by atoms with Crippen LogP contribution in [0.5, 0.6) is 0 Å². The Labute approximate surface area is 152 Å². The van der Waals surface area contributed by atoms with Crippen LogP contribution in [0.15, 0.2) is 78.9 Å². The second kappa shape index (κ2) is 6.75. The van der Waals surface area contributed by atoms with E-state index >= 15 is 0 Å². The van der Waals surface area contributed by atoms with Crippen molar-refractivity contribution in [3.05, 3.63) is 95.6 Å². The van der Waals surface area contributed by atoms with Gasteiger partial charge in [0.1, 0.15) is 0 Å². The van der Waals surface area contributed by atoms with Crippen LogP contribution in [0.3, 0.4) is 0 Å². The maximum absolute atomic E-state index is 10.7. The predicted octanol–water partition coefficient (Wildman–Crippen LogP) is 4.28. The van der Waals surface area contributed by atoms with Crippen molar-refractivity contribution in [1.29, 1.82) is 5.26 Å². The Morgan fingerprint density at radius 1 is 0.923 bits per heavy atom. The van der Waals surface area contributed by atoms with E-state index in [1.165, 1.54) is 0 Å². The fourth-order valence-corrected chi connectivity index (χ4v) is 3.15. The van der Waals surface area contributed by atoms with Crippen LogP contribution in [0.2, 0.25) is 0 Å². The average Bonchev–Trinajstić information content (AvgIpc) is 3.03. The third kappa shape index (κ3) is 2.92. The molecule has 1 aliphatic rings. The Kier molecular flexibility index (Phi) is 4.14. The van der Waals surface area contributed by atoms with Crippen LogP contribution in [-0.2, 0) is 0 Å². The highest BCUT2D eigenvalue weighted by atomic mass is 16.3. The van der Waals surface area contributed by atoms with E-state index in [-0.39, 0.29) is 0 Å². The van der Waals surface area contributed by atoms with Crippen molar-refractivity contribution in [2.45, 2.75) is 6.23 Å². The molecule has 1 aliphatic heterocycles. The second-order valence-corrected chi connectivity index (χ2v) is 6.06. The van der Waals surface area contributed by atoms with Gasteiger partial charge in [0.2, 0.25) is 0 Å². The molecular weight excluding hydrogens is 322 g/mol. The van der Waals surface area contributed by atoms with Gasteiger partial charge in [0.15, 0.2) is 6.23 Å². The molecule has 4 rings (SSSR count). The van der Waals surface area contributed by atoms with Crippen molar-refractivity contribution in [1.82, 2.24) is 0 Å². The molecule has 3 aromatic rings. The van der Waals surface area contributed by atoms with Crippen LogP contribution >= 0.6 is 0 Å². The lowest BCUT2D eigenvalue weighted by atomic mass is 9.99. The lowest BCUT2D eigenvalue weighted by Crippen LogP contribution is -2.16. The van der Waals surface area contributed by atoms with E-state index in [1.54, 1.807) is 12.1 Å². The van der Waals surface area contributed by atoms with Gasteiger partial charge >= 0.3 is 0 Å². The zero-order valence-corrected chi connectivity index (χ0v) is 14.0. The van der Waals surface area contributed by atoms with Crippen molar-refractivity contribution in [3.8, 4) is 6.07 Å². The molecule has 0 fully saturated rings. The molecule has 0 radical (unpaired) electrons. The number of aliphatic hydroxyl groups excluding tert-OH is 1. The van der Waals surface area contributed by atoms with Gasteiger partial charge in [-0.2, -0.15) is 5.26 Å². The molecule has 4 nitrogen and oxygen atoms in total. The molecular formula is C22H17N3O. The number of para-hydroxylation sites is 1. The molecule has 26 heavy (non-hydrogen) atoms. The van der Waals surface area contributed by atoms with E-state index in [2.05, 4.69) is 16.7 Å². The summed E-state index contributed by atoms with van der Waals surface area (Å²) in [4.78, 5) is 0. The summed E-state index contributed by atoms with van der Waals surface area (Å²) in [5.41, 5.74) is 5.95. The number of hydrogen-bond acceptors (Lipinski definition) is 4. The highest BCUT2D eigenvalue weighted by molar-refractivity contribution is 6.03. The molecule has 0 aliphatic carbocycles. The molecule has 4 heteroatoms. The van der Waals surface area contributed by atoms with Gasteiger partial charge in [-0.25, -0.2) is 0 Å². The molecule has 0 aromatic heterocycles. The number of fused-ring (bicyclic) bond motifs is 1. The summed E-state index contributed by atoms with van der Waals surface area (Å²) in [6.07, 6.45) is -0.798. The van der Waals surface area contributed by atoms with Gasteiger partial charge < -0.3 is 15.7 Å². The Hall–Kier alpha value is -3.55. The smallest absolute Gasteiger partial charge is 0.153 e. The fourth-order valence-electron chi connectivity index (χ4n) is 3.15. The van der Waals surface area contributed by atoms with Gasteiger partial charge in [-0.15, -0.1) is 0 Å². The van der Waals surface area contributed by atoms with Gasteiger partial charge in [0, 0.05) is 22.5 Å². The lowest BCUT2D eigenvalue weighted by Gasteiger charge is -2.17. The summed E-state index contributed by atoms with van der Waals surface area (Å²) < 4.78 is 0. The van der Waals surface area contributed by atoms with E-state index in [9.17, 15) is 5.11 Å². The zero-order valence-electron chi connectivity index (χ0n) is 14.0. The molecule has 0 saturated carbocycles. The minimum Gasteiger partial charge on any atom is -0.369 e. The SMILES string of the molecule is N#Cc1ccc(N/C(=C2/c3ccccc3NC2O)c2ccccc2)cc1. The number of nitrogens with zero attached hydrogens (tertiary/aromatic N) is 1. The standard InChI is InChI=1S/C22H17N3O/c23-14-15-10-12-17(13-11-15)24-21(16-6-2-1-3-7-16)20-18-8-4-5-9-19(18)25-22(20)26/h1-13,22,24-26H/b21-20-. The summed E-state index contributed by atoms with van der Waals surface area (Å²) in [5, 5.41) is 26.2. The summed E-state index contributed by atoms with van der Waals surface area (Å²) in [5.74, 6) is 0. The minimum atomic E-state index is -0.798. The minimum absolute atomic E-state index is 0.609. The first-order valence-corrected chi connectivity index (χ1v) is 8.37. The zero-order chi connectivity index (χ0) is 17.9. The molecule has 126 valence electrons. The first-order valence-electron chi connectivity index (χ1n) is 8.37. The Balaban J connectivity index is 1.85. The Morgan fingerprint density at radius 2 is 1.62 bits per heavy atom. The molecule has 3 aromatic carbocycles. The van der Waals surface area contributed by atoms with Crippen molar-refractivity contribution >= 4 is 22.6 Å². The third-order valence-corrected chi connectivity index (χ3v) is 4.40. The van der Waals surface area contributed by atoms with Crippen LogP contribution in [0, 0.1) is 11.3 Å². The van der Waals surface area contributed by atoms with Gasteiger partial charge in [-0.05, 0) is 35.9 Å². The van der Waals surface area contributed by atoms with Gasteiger partial charge in [0.05, 0.1) is 17.3 Å². The fraction of sp³-hybridized carbons (Fsp3) is 0.0455. The number of aliphatic hydroxyl groups is 1. The molecule has 0 spiro atoms. The summed E-state index contributed by atoms with van der Waals surface area (Å²) in [7, 11) is 0. The normalized spacial score (nSPS) is 17.0. The molecule has 1 unspecified atom stereocenters. The van der Waals surface area contributed by atoms with Crippen LogP contribution in [-0.4, -0.2) is 11.3 Å². The monoisotopic (exact) mass is 339 g/mol. The largest absolute Gasteiger partial charge is 0.369 e. The van der Waals surface area contributed by atoms with Crippen LogP contribution < -0.4 is 10.6 Å². The summed E-state index contributed by atoms with van der Waals surface area (Å²) in [6, 6.07) is 27.2. The second-order valence-electron chi connectivity index (χ2n) is 6.06. The van der Waals surface area contributed by atoms with Crippen molar-refractivity contribution in [2.75, 3.05) is 10.6 Å². The van der Waals surface area contributed by atoms with Gasteiger partial charge in [0.25, 0.3) is 0 Å². The lowest BCUT2D eigenvalue weighted by molar-refractivity contribution is 0.266. The third-order valence-electron chi connectivity index (χ3n) is 4.40.